The van der Waals surface area contributed by atoms with Crippen molar-refractivity contribution in [1.29, 1.82) is 0 Å². The standard InChI is InChI=1S/C10H12BrFN2O5S/c1-18-7-4-3-6(11)9(12)10(7)14(20(13,16)17)5-8(15)19-2/h3-4H,5H2,1-2H3,(H2,13,16,17). The quantitative estimate of drug-likeness (QED) is 0.772. The Hall–Kier alpha value is -1.39. The normalized spacial score (nSPS) is 11.1. The Labute approximate surface area is 123 Å². The molecular formula is C10H12BrFN2O5S. The molecule has 0 saturated carbocycles. The van der Waals surface area contributed by atoms with E-state index >= 15 is 0 Å². The average Bonchev–Trinajstić information content (AvgIpc) is 2.38. The van der Waals surface area contributed by atoms with Crippen molar-refractivity contribution in [2.75, 3.05) is 25.1 Å². The molecule has 0 aliphatic rings. The molecule has 1 aromatic rings. The molecule has 0 aliphatic heterocycles. The zero-order valence-electron chi connectivity index (χ0n) is 10.6. The van der Waals surface area contributed by atoms with E-state index in [9.17, 15) is 17.6 Å². The van der Waals surface area contributed by atoms with Gasteiger partial charge in [-0.25, -0.2) is 13.8 Å². The number of hydrogen-bond acceptors (Lipinski definition) is 5. The largest absolute Gasteiger partial charge is 0.494 e. The third kappa shape index (κ3) is 3.58. The molecule has 112 valence electrons. The molecular weight excluding hydrogens is 359 g/mol. The van der Waals surface area contributed by atoms with Crippen LogP contribution in [0.5, 0.6) is 5.75 Å². The van der Waals surface area contributed by atoms with Gasteiger partial charge in [0.1, 0.15) is 18.0 Å². The zero-order chi connectivity index (χ0) is 15.5. The predicted molar refractivity (Wildman–Crippen MR) is 73.1 cm³/mol. The van der Waals surface area contributed by atoms with Gasteiger partial charge in [-0.15, -0.1) is 0 Å². The molecule has 7 nitrogen and oxygen atoms in total. The maximum absolute atomic E-state index is 14.1. The molecule has 0 radical (unpaired) electrons. The SMILES string of the molecule is COC(=O)CN(c1c(OC)ccc(Br)c1F)S(N)(=O)=O. The van der Waals surface area contributed by atoms with Gasteiger partial charge < -0.3 is 9.47 Å². The Balaban J connectivity index is 3.49. The Morgan fingerprint density at radius 3 is 2.50 bits per heavy atom. The molecule has 1 aromatic carbocycles. The van der Waals surface area contributed by atoms with Crippen LogP contribution in [0.15, 0.2) is 16.6 Å². The first kappa shape index (κ1) is 16.7. The van der Waals surface area contributed by atoms with Crippen molar-refractivity contribution in [3.8, 4) is 5.75 Å². The van der Waals surface area contributed by atoms with E-state index in [0.717, 1.165) is 7.11 Å². The molecule has 0 atom stereocenters. The third-order valence-corrected chi connectivity index (χ3v) is 3.85. The molecule has 0 amide bonds. The minimum Gasteiger partial charge on any atom is -0.494 e. The Morgan fingerprint density at radius 2 is 2.05 bits per heavy atom. The second-order valence-corrected chi connectivity index (χ2v) is 5.87. The number of rotatable bonds is 5. The van der Waals surface area contributed by atoms with Crippen LogP contribution in [0.3, 0.4) is 0 Å². The average molecular weight is 371 g/mol. The number of halogens is 2. The smallest absolute Gasteiger partial charge is 0.326 e. The van der Waals surface area contributed by atoms with Crippen LogP contribution < -0.4 is 14.2 Å². The van der Waals surface area contributed by atoms with Crippen molar-refractivity contribution in [2.24, 2.45) is 5.14 Å². The van der Waals surface area contributed by atoms with Crippen LogP contribution in [-0.2, 0) is 19.7 Å². The first-order valence-corrected chi connectivity index (χ1v) is 7.41. The molecule has 0 spiro atoms. The van der Waals surface area contributed by atoms with Crippen LogP contribution >= 0.6 is 15.9 Å². The van der Waals surface area contributed by atoms with Crippen molar-refractivity contribution in [3.63, 3.8) is 0 Å². The van der Waals surface area contributed by atoms with Crippen LogP contribution in [0.4, 0.5) is 10.1 Å². The van der Waals surface area contributed by atoms with E-state index in [-0.39, 0.29) is 10.2 Å². The van der Waals surface area contributed by atoms with Crippen LogP contribution in [0.25, 0.3) is 0 Å². The Bertz CT molecular complexity index is 622. The number of ether oxygens (including phenoxy) is 2. The molecule has 1 rings (SSSR count). The van der Waals surface area contributed by atoms with Crippen molar-refractivity contribution in [1.82, 2.24) is 0 Å². The zero-order valence-corrected chi connectivity index (χ0v) is 13.0. The van der Waals surface area contributed by atoms with Gasteiger partial charge in [-0.3, -0.25) is 4.79 Å². The summed E-state index contributed by atoms with van der Waals surface area (Å²) in [7, 11) is -2.11. The predicted octanol–water partition coefficient (Wildman–Crippen LogP) is 0.780. The van der Waals surface area contributed by atoms with Gasteiger partial charge in [0.05, 0.1) is 18.7 Å². The van der Waals surface area contributed by atoms with Crippen LogP contribution in [-0.4, -0.2) is 35.2 Å². The molecule has 10 heteroatoms. The summed E-state index contributed by atoms with van der Waals surface area (Å²) in [6.45, 7) is -0.779. The van der Waals surface area contributed by atoms with E-state index in [4.69, 9.17) is 9.88 Å². The summed E-state index contributed by atoms with van der Waals surface area (Å²) in [5.41, 5.74) is -0.477. The van der Waals surface area contributed by atoms with E-state index in [1.807, 2.05) is 0 Å². The van der Waals surface area contributed by atoms with Gasteiger partial charge in [-0.05, 0) is 28.1 Å². The molecule has 0 aliphatic carbocycles. The highest BCUT2D eigenvalue weighted by molar-refractivity contribution is 9.10. The van der Waals surface area contributed by atoms with E-state index in [1.54, 1.807) is 0 Å². The van der Waals surface area contributed by atoms with E-state index in [1.165, 1.54) is 19.2 Å². The molecule has 20 heavy (non-hydrogen) atoms. The summed E-state index contributed by atoms with van der Waals surface area (Å²) < 4.78 is 46.9. The molecule has 0 heterocycles. The molecule has 0 unspecified atom stereocenters. The van der Waals surface area contributed by atoms with Crippen molar-refractivity contribution >= 4 is 37.8 Å². The molecule has 2 N–H and O–H groups in total. The van der Waals surface area contributed by atoms with E-state index in [2.05, 4.69) is 20.7 Å². The number of hydrogen-bond donors (Lipinski definition) is 1. The lowest BCUT2D eigenvalue weighted by Crippen LogP contribution is -2.41. The van der Waals surface area contributed by atoms with Gasteiger partial charge in [0.15, 0.2) is 5.82 Å². The first-order chi connectivity index (χ1) is 9.22. The first-order valence-electron chi connectivity index (χ1n) is 5.11. The summed E-state index contributed by atoms with van der Waals surface area (Å²) >= 11 is 2.92. The lowest BCUT2D eigenvalue weighted by Gasteiger charge is -2.23. The van der Waals surface area contributed by atoms with Crippen LogP contribution in [0, 0.1) is 5.82 Å². The number of methoxy groups -OCH3 is 2. The topological polar surface area (TPSA) is 98.9 Å². The second-order valence-electron chi connectivity index (χ2n) is 3.54. The Kier molecular flexibility index (Phi) is 5.31. The number of anilines is 1. The maximum atomic E-state index is 14.1. The monoisotopic (exact) mass is 370 g/mol. The van der Waals surface area contributed by atoms with Crippen molar-refractivity contribution in [2.45, 2.75) is 0 Å². The molecule has 0 bridgehead atoms. The second kappa shape index (κ2) is 6.37. The summed E-state index contributed by atoms with van der Waals surface area (Å²) in [6.07, 6.45) is 0. The number of nitrogens with zero attached hydrogens (tertiary/aromatic N) is 1. The number of carbonyl (C=O) groups is 1. The van der Waals surface area contributed by atoms with E-state index < -0.39 is 34.2 Å². The van der Waals surface area contributed by atoms with Crippen LogP contribution in [0.1, 0.15) is 0 Å². The summed E-state index contributed by atoms with van der Waals surface area (Å²) in [4.78, 5) is 11.3. The number of esters is 1. The summed E-state index contributed by atoms with van der Waals surface area (Å²) in [5.74, 6) is -1.92. The highest BCUT2D eigenvalue weighted by atomic mass is 79.9. The van der Waals surface area contributed by atoms with E-state index in [0.29, 0.717) is 4.31 Å². The minimum absolute atomic E-state index is 0.00758. The van der Waals surface area contributed by atoms with Crippen LogP contribution in [0.2, 0.25) is 0 Å². The van der Waals surface area contributed by atoms with Gasteiger partial charge in [-0.1, -0.05) is 0 Å². The number of carbonyl (C=O) groups excluding carboxylic acids is 1. The van der Waals surface area contributed by atoms with Gasteiger partial charge >= 0.3 is 5.97 Å². The fourth-order valence-corrected chi connectivity index (χ4v) is 2.43. The van der Waals surface area contributed by atoms with Crippen molar-refractivity contribution < 1.29 is 27.1 Å². The number of nitrogens with two attached hydrogens (primary N) is 1. The highest BCUT2D eigenvalue weighted by Gasteiger charge is 2.29. The van der Waals surface area contributed by atoms with Gasteiger partial charge in [0.2, 0.25) is 0 Å². The summed E-state index contributed by atoms with van der Waals surface area (Å²) in [5, 5.41) is 5.01. The van der Waals surface area contributed by atoms with Crippen molar-refractivity contribution in [3.05, 3.63) is 22.4 Å². The lowest BCUT2D eigenvalue weighted by atomic mass is 10.2. The minimum atomic E-state index is -4.40. The third-order valence-electron chi connectivity index (χ3n) is 2.31. The molecule has 0 saturated heterocycles. The van der Waals surface area contributed by atoms with Gasteiger partial charge in [0.25, 0.3) is 10.2 Å². The van der Waals surface area contributed by atoms with Gasteiger partial charge in [-0.2, -0.15) is 8.42 Å². The molecule has 0 fully saturated rings. The van der Waals surface area contributed by atoms with Gasteiger partial charge in [0, 0.05) is 0 Å². The number of benzene rings is 1. The Morgan fingerprint density at radius 1 is 1.45 bits per heavy atom. The fourth-order valence-electron chi connectivity index (χ4n) is 1.40. The highest BCUT2D eigenvalue weighted by Crippen LogP contribution is 2.36. The fraction of sp³-hybridized carbons (Fsp3) is 0.300. The lowest BCUT2D eigenvalue weighted by molar-refractivity contribution is -0.138. The maximum Gasteiger partial charge on any atom is 0.326 e. The summed E-state index contributed by atoms with van der Waals surface area (Å²) in [6, 6.07) is 2.66. The molecule has 0 aromatic heterocycles.